The van der Waals surface area contributed by atoms with Crippen LogP contribution in [0.15, 0.2) is 54.7 Å². The van der Waals surface area contributed by atoms with Crippen molar-refractivity contribution >= 4 is 10.8 Å². The third-order valence-corrected chi connectivity index (χ3v) is 3.23. The zero-order chi connectivity index (χ0) is 15.5. The molecule has 3 rings (SSSR count). The average Bonchev–Trinajstić information content (AvgIpc) is 2.52. The minimum atomic E-state index is -2.51. The van der Waals surface area contributed by atoms with Crippen LogP contribution in [0.4, 0.5) is 8.78 Å². The number of aromatic hydroxyl groups is 1. The lowest BCUT2D eigenvalue weighted by Crippen LogP contribution is -2.07. The van der Waals surface area contributed by atoms with Gasteiger partial charge in [-0.05, 0) is 35.0 Å². The van der Waals surface area contributed by atoms with Crippen molar-refractivity contribution in [3.8, 4) is 22.8 Å². The molecule has 0 unspecified atom stereocenters. The van der Waals surface area contributed by atoms with Crippen molar-refractivity contribution in [3.05, 3.63) is 54.7 Å². The van der Waals surface area contributed by atoms with Crippen molar-refractivity contribution in [2.24, 2.45) is 0 Å². The van der Waals surface area contributed by atoms with Crippen LogP contribution in [0.2, 0.25) is 0 Å². The van der Waals surface area contributed by atoms with Crippen LogP contribution in [-0.4, -0.2) is 23.1 Å². The van der Waals surface area contributed by atoms with Gasteiger partial charge in [0, 0.05) is 17.8 Å². The highest BCUT2D eigenvalue weighted by molar-refractivity contribution is 5.87. The largest absolute Gasteiger partial charge is 0.508 e. The van der Waals surface area contributed by atoms with E-state index < -0.39 is 13.0 Å². The standard InChI is InChI=1S/C17H13F2NO2/c18-17(19)10-22-15-5-6-20-16(9-15)13-2-1-12-8-14(21)4-3-11(12)7-13/h1-9,17,21H,10H2. The number of halogens is 2. The number of phenols is 1. The second kappa shape index (κ2) is 5.97. The fourth-order valence-electron chi connectivity index (χ4n) is 2.21. The molecule has 1 N–H and O–H groups in total. The number of pyridine rings is 1. The Labute approximate surface area is 125 Å². The minimum absolute atomic E-state index is 0.209. The van der Waals surface area contributed by atoms with Crippen LogP contribution in [0.3, 0.4) is 0 Å². The molecule has 2 aromatic carbocycles. The predicted molar refractivity (Wildman–Crippen MR) is 80.3 cm³/mol. The quantitative estimate of drug-likeness (QED) is 0.783. The van der Waals surface area contributed by atoms with E-state index in [1.165, 1.54) is 6.20 Å². The molecule has 0 amide bonds. The Morgan fingerprint density at radius 2 is 1.77 bits per heavy atom. The first kappa shape index (κ1) is 14.3. The highest BCUT2D eigenvalue weighted by atomic mass is 19.3. The lowest BCUT2D eigenvalue weighted by atomic mass is 10.0. The number of hydrogen-bond acceptors (Lipinski definition) is 3. The molecular weight excluding hydrogens is 288 g/mol. The zero-order valence-electron chi connectivity index (χ0n) is 11.5. The predicted octanol–water partition coefficient (Wildman–Crippen LogP) is 4.25. The Morgan fingerprint density at radius 1 is 1.00 bits per heavy atom. The fraction of sp³-hybridized carbons (Fsp3) is 0.118. The van der Waals surface area contributed by atoms with E-state index in [1.54, 1.807) is 24.3 Å². The molecular formula is C17H13F2NO2. The molecule has 3 aromatic rings. The molecule has 0 saturated heterocycles. The van der Waals surface area contributed by atoms with Crippen LogP contribution < -0.4 is 4.74 Å². The van der Waals surface area contributed by atoms with Gasteiger partial charge in [-0.15, -0.1) is 0 Å². The number of alkyl halides is 2. The SMILES string of the molecule is Oc1ccc2cc(-c3cc(OCC(F)F)ccn3)ccc2c1. The summed E-state index contributed by atoms with van der Waals surface area (Å²) in [6.45, 7) is -0.638. The number of fused-ring (bicyclic) bond motifs is 1. The van der Waals surface area contributed by atoms with Crippen LogP contribution in [0, 0.1) is 0 Å². The summed E-state index contributed by atoms with van der Waals surface area (Å²) >= 11 is 0. The monoisotopic (exact) mass is 301 g/mol. The van der Waals surface area contributed by atoms with Gasteiger partial charge < -0.3 is 9.84 Å². The summed E-state index contributed by atoms with van der Waals surface area (Å²) in [6, 6.07) is 13.9. The number of ether oxygens (including phenoxy) is 1. The topological polar surface area (TPSA) is 42.4 Å². The normalized spacial score (nSPS) is 11.0. The smallest absolute Gasteiger partial charge is 0.272 e. The average molecular weight is 301 g/mol. The number of rotatable bonds is 4. The fourth-order valence-corrected chi connectivity index (χ4v) is 2.21. The van der Waals surface area contributed by atoms with Crippen LogP contribution in [0.25, 0.3) is 22.0 Å². The molecule has 0 radical (unpaired) electrons. The number of phenolic OH excluding ortho intramolecular Hbond substituents is 1. The van der Waals surface area contributed by atoms with Gasteiger partial charge in [0.05, 0.1) is 5.69 Å². The van der Waals surface area contributed by atoms with Gasteiger partial charge in [-0.2, -0.15) is 0 Å². The lowest BCUT2D eigenvalue weighted by molar-refractivity contribution is 0.0819. The minimum Gasteiger partial charge on any atom is -0.508 e. The summed E-state index contributed by atoms with van der Waals surface area (Å²) in [5.74, 6) is 0.567. The van der Waals surface area contributed by atoms with Gasteiger partial charge in [0.15, 0.2) is 0 Å². The van der Waals surface area contributed by atoms with Gasteiger partial charge in [0.1, 0.15) is 18.1 Å². The Hall–Kier alpha value is -2.69. The first-order chi connectivity index (χ1) is 10.6. The molecule has 5 heteroatoms. The van der Waals surface area contributed by atoms with E-state index in [4.69, 9.17) is 4.74 Å². The van der Waals surface area contributed by atoms with Gasteiger partial charge in [-0.3, -0.25) is 4.98 Å². The summed E-state index contributed by atoms with van der Waals surface area (Å²) < 4.78 is 29.4. The summed E-state index contributed by atoms with van der Waals surface area (Å²) in [5, 5.41) is 11.3. The van der Waals surface area contributed by atoms with Crippen molar-refractivity contribution in [2.45, 2.75) is 6.43 Å². The van der Waals surface area contributed by atoms with Crippen molar-refractivity contribution in [1.29, 1.82) is 0 Å². The molecule has 0 aliphatic heterocycles. The van der Waals surface area contributed by atoms with Gasteiger partial charge in [-0.25, -0.2) is 8.78 Å². The van der Waals surface area contributed by atoms with E-state index in [0.717, 1.165) is 16.3 Å². The third-order valence-electron chi connectivity index (χ3n) is 3.23. The molecule has 3 nitrogen and oxygen atoms in total. The molecule has 0 atom stereocenters. The Bertz CT molecular complexity index is 806. The first-order valence-electron chi connectivity index (χ1n) is 6.72. The molecule has 0 saturated carbocycles. The van der Waals surface area contributed by atoms with E-state index in [2.05, 4.69) is 4.98 Å². The molecule has 0 bridgehead atoms. The molecule has 0 aliphatic rings. The van der Waals surface area contributed by atoms with E-state index in [1.807, 2.05) is 24.3 Å². The van der Waals surface area contributed by atoms with Gasteiger partial charge >= 0.3 is 0 Å². The molecule has 0 spiro atoms. The maximum Gasteiger partial charge on any atom is 0.272 e. The summed E-state index contributed by atoms with van der Waals surface area (Å²) in [6.07, 6.45) is -0.984. The Balaban J connectivity index is 1.93. The summed E-state index contributed by atoms with van der Waals surface area (Å²) in [4.78, 5) is 4.24. The first-order valence-corrected chi connectivity index (χ1v) is 6.72. The Morgan fingerprint density at radius 3 is 2.59 bits per heavy atom. The number of benzene rings is 2. The number of nitrogens with zero attached hydrogens (tertiary/aromatic N) is 1. The van der Waals surface area contributed by atoms with Crippen LogP contribution in [0.5, 0.6) is 11.5 Å². The molecule has 1 heterocycles. The van der Waals surface area contributed by atoms with Crippen LogP contribution >= 0.6 is 0 Å². The van der Waals surface area contributed by atoms with Crippen molar-refractivity contribution in [1.82, 2.24) is 4.98 Å². The lowest BCUT2D eigenvalue weighted by Gasteiger charge is -2.08. The molecule has 0 fully saturated rings. The van der Waals surface area contributed by atoms with Crippen LogP contribution in [-0.2, 0) is 0 Å². The van der Waals surface area contributed by atoms with Gasteiger partial charge in [0.25, 0.3) is 6.43 Å². The van der Waals surface area contributed by atoms with E-state index >= 15 is 0 Å². The second-order valence-electron chi connectivity index (χ2n) is 4.83. The van der Waals surface area contributed by atoms with Gasteiger partial charge in [0.2, 0.25) is 0 Å². The van der Waals surface area contributed by atoms with Crippen LogP contribution in [0.1, 0.15) is 0 Å². The van der Waals surface area contributed by atoms with Crippen molar-refractivity contribution in [2.75, 3.05) is 6.61 Å². The maximum absolute atomic E-state index is 12.2. The summed E-state index contributed by atoms with van der Waals surface area (Å²) in [7, 11) is 0. The van der Waals surface area contributed by atoms with Crippen molar-refractivity contribution < 1.29 is 18.6 Å². The Kier molecular flexibility index (Phi) is 3.87. The van der Waals surface area contributed by atoms with E-state index in [0.29, 0.717) is 11.4 Å². The third kappa shape index (κ3) is 3.14. The van der Waals surface area contributed by atoms with E-state index in [9.17, 15) is 13.9 Å². The second-order valence-corrected chi connectivity index (χ2v) is 4.83. The highest BCUT2D eigenvalue weighted by Gasteiger charge is 2.06. The molecule has 1 aromatic heterocycles. The number of aromatic nitrogens is 1. The highest BCUT2D eigenvalue weighted by Crippen LogP contribution is 2.27. The maximum atomic E-state index is 12.2. The van der Waals surface area contributed by atoms with E-state index in [-0.39, 0.29) is 5.75 Å². The molecule has 112 valence electrons. The van der Waals surface area contributed by atoms with Crippen molar-refractivity contribution in [3.63, 3.8) is 0 Å². The zero-order valence-corrected chi connectivity index (χ0v) is 11.5. The molecule has 22 heavy (non-hydrogen) atoms. The number of hydrogen-bond donors (Lipinski definition) is 1. The molecule has 0 aliphatic carbocycles. The summed E-state index contributed by atoms with van der Waals surface area (Å²) in [5.41, 5.74) is 1.49. The van der Waals surface area contributed by atoms with Gasteiger partial charge in [-0.1, -0.05) is 18.2 Å².